The third-order valence-corrected chi connectivity index (χ3v) is 13.8. The topological polar surface area (TPSA) is 199 Å². The van der Waals surface area contributed by atoms with Crippen LogP contribution in [0.5, 0.6) is 0 Å². The molecule has 4 rings (SSSR count). The minimum Gasteiger partial charge on any atom is -0.726 e. The largest absolute Gasteiger partial charge is 1.00 e. The molecule has 0 aromatic rings. The Morgan fingerprint density at radius 3 is 1.67 bits per heavy atom. The molecular weight excluding hydrogens is 693 g/mol. The molecule has 0 amide bonds. The van der Waals surface area contributed by atoms with E-state index in [1.807, 2.05) is 6.92 Å². The fraction of sp³-hybridized carbons (Fsp3) is 1.00. The summed E-state index contributed by atoms with van der Waals surface area (Å²) in [7, 11) is -15.8. The maximum Gasteiger partial charge on any atom is 1.00 e. The SMILES string of the molecule is CC(C)[C@@H](C)CC[C@@H](C)[C@H]1CCC2C3C[C@H](OS(=O)(=O)[O-])[C@H]4C[C@H](OS(=O)(=O)[O-])[C@@H](OS(=O)(=O)[O-])C[C@]4(C)C3CC[C@@]21C.[Na+].[Na+].[Na+]. The van der Waals surface area contributed by atoms with Crippen LogP contribution in [0.4, 0.5) is 0 Å². The van der Waals surface area contributed by atoms with Crippen molar-refractivity contribution in [2.75, 3.05) is 0 Å². The number of hydrogen-bond donors (Lipinski definition) is 0. The molecule has 0 saturated heterocycles. The van der Waals surface area contributed by atoms with Crippen LogP contribution >= 0.6 is 0 Å². The van der Waals surface area contributed by atoms with E-state index in [4.69, 9.17) is 8.37 Å². The summed E-state index contributed by atoms with van der Waals surface area (Å²) in [5, 5.41) is 0. The second-order valence-electron chi connectivity index (χ2n) is 14.8. The van der Waals surface area contributed by atoms with Gasteiger partial charge in [0.15, 0.2) is 0 Å². The van der Waals surface area contributed by atoms with Gasteiger partial charge in [-0.2, -0.15) is 0 Å². The van der Waals surface area contributed by atoms with Crippen LogP contribution in [-0.2, 0) is 43.7 Å². The Bertz CT molecular complexity index is 1350. The van der Waals surface area contributed by atoms with E-state index < -0.39 is 60.8 Å². The molecule has 0 radical (unpaired) electrons. The van der Waals surface area contributed by atoms with E-state index in [1.54, 1.807) is 0 Å². The predicted octanol–water partition coefficient (Wildman–Crippen LogP) is -4.88. The van der Waals surface area contributed by atoms with Crippen molar-refractivity contribution in [1.82, 2.24) is 0 Å². The fourth-order valence-electron chi connectivity index (χ4n) is 10.1. The summed E-state index contributed by atoms with van der Waals surface area (Å²) in [4.78, 5) is 0. The van der Waals surface area contributed by atoms with Gasteiger partial charge in [-0.05, 0) is 103 Å². The molecule has 12 atom stereocenters. The summed E-state index contributed by atoms with van der Waals surface area (Å²) in [5.41, 5.74) is -0.908. The first kappa shape index (κ1) is 46.6. The smallest absolute Gasteiger partial charge is 0.726 e. The van der Waals surface area contributed by atoms with Crippen molar-refractivity contribution >= 4 is 31.2 Å². The van der Waals surface area contributed by atoms with Gasteiger partial charge in [0, 0.05) is 0 Å². The molecule has 0 bridgehead atoms. The van der Waals surface area contributed by atoms with Crippen molar-refractivity contribution in [1.29, 1.82) is 0 Å². The molecule has 4 saturated carbocycles. The summed E-state index contributed by atoms with van der Waals surface area (Å²) in [6, 6.07) is 0. The van der Waals surface area contributed by atoms with Crippen molar-refractivity contribution in [3.63, 3.8) is 0 Å². The van der Waals surface area contributed by atoms with Gasteiger partial charge in [0.2, 0.25) is 31.2 Å². The van der Waals surface area contributed by atoms with E-state index in [1.165, 1.54) is 0 Å². The Balaban J connectivity index is 0.00000353. The zero-order valence-electron chi connectivity index (χ0n) is 28.8. The van der Waals surface area contributed by atoms with Crippen LogP contribution in [0.25, 0.3) is 0 Å². The molecule has 4 aliphatic rings. The van der Waals surface area contributed by atoms with Gasteiger partial charge in [0.25, 0.3) is 0 Å². The van der Waals surface area contributed by atoms with Crippen molar-refractivity contribution < 1.29 is 140 Å². The normalized spacial score (nSPS) is 39.0. The Morgan fingerprint density at radius 1 is 0.652 bits per heavy atom. The van der Waals surface area contributed by atoms with Crippen molar-refractivity contribution in [2.45, 2.75) is 118 Å². The van der Waals surface area contributed by atoms with Crippen LogP contribution in [-0.4, -0.2) is 57.2 Å². The summed E-state index contributed by atoms with van der Waals surface area (Å²) >= 11 is 0. The monoisotopic (exact) mass is 740 g/mol. The molecule has 0 heterocycles. The van der Waals surface area contributed by atoms with E-state index >= 15 is 0 Å². The molecular formula is C28H47Na3O12S3. The van der Waals surface area contributed by atoms with E-state index in [0.717, 1.165) is 38.5 Å². The van der Waals surface area contributed by atoms with Gasteiger partial charge in [-0.25, -0.2) is 25.3 Å². The van der Waals surface area contributed by atoms with E-state index in [2.05, 4.69) is 38.8 Å². The molecule has 46 heavy (non-hydrogen) atoms. The molecule has 3 unspecified atom stereocenters. The molecule has 252 valence electrons. The summed E-state index contributed by atoms with van der Waals surface area (Å²) < 4.78 is 120. The average Bonchev–Trinajstić information content (AvgIpc) is 3.18. The molecule has 0 N–H and O–H groups in total. The number of rotatable bonds is 11. The predicted molar refractivity (Wildman–Crippen MR) is 152 cm³/mol. The maximum absolute atomic E-state index is 11.9. The van der Waals surface area contributed by atoms with Gasteiger partial charge in [-0.15, -0.1) is 0 Å². The molecule has 12 nitrogen and oxygen atoms in total. The first-order chi connectivity index (χ1) is 19.5. The molecule has 0 aromatic carbocycles. The van der Waals surface area contributed by atoms with Gasteiger partial charge in [-0.3, -0.25) is 12.5 Å². The number of hydrogen-bond acceptors (Lipinski definition) is 12. The van der Waals surface area contributed by atoms with E-state index in [9.17, 15) is 38.9 Å². The van der Waals surface area contributed by atoms with Crippen LogP contribution < -0.4 is 88.7 Å². The van der Waals surface area contributed by atoms with Crippen LogP contribution in [0, 0.1) is 58.2 Å². The maximum atomic E-state index is 11.9. The first-order valence-electron chi connectivity index (χ1n) is 15.5. The van der Waals surface area contributed by atoms with Crippen LogP contribution in [0.3, 0.4) is 0 Å². The van der Waals surface area contributed by atoms with Gasteiger partial charge in [-0.1, -0.05) is 54.4 Å². The third kappa shape index (κ3) is 10.8. The summed E-state index contributed by atoms with van der Waals surface area (Å²) in [6.07, 6.45) is 1.22. The van der Waals surface area contributed by atoms with Crippen molar-refractivity contribution in [3.8, 4) is 0 Å². The standard InChI is InChI=1S/C28H50O12S3.3Na/c1-16(2)17(3)7-8-18(4)20-9-10-21-19-13-24(38-41(29,30)31)23-14-25(39-42(32,33)34)26(40-43(35,36)37)15-28(23,6)22(19)11-12-27(20,21)5;;;/h16-26H,7-15H2,1-6H3,(H,29,30,31)(H,32,33,34)(H,35,36,37);;;/q;3*+1/p-3/t17-,18+,19?,20+,21?,22?,23+,24-,25-,26-,27+,28+;;;/m0.../s1. The first-order valence-corrected chi connectivity index (χ1v) is 19.5. The van der Waals surface area contributed by atoms with Gasteiger partial charge in [0.1, 0.15) is 12.2 Å². The molecule has 18 heteroatoms. The van der Waals surface area contributed by atoms with Crippen LogP contribution in [0.2, 0.25) is 0 Å². The Labute approximate surface area is 343 Å². The van der Waals surface area contributed by atoms with E-state index in [0.29, 0.717) is 23.7 Å². The quantitative estimate of drug-likeness (QED) is 0.111. The van der Waals surface area contributed by atoms with Gasteiger partial charge < -0.3 is 13.7 Å². The Hall–Kier alpha value is 2.61. The number of fused-ring (bicyclic) bond motifs is 5. The molecule has 0 aliphatic heterocycles. The van der Waals surface area contributed by atoms with Crippen molar-refractivity contribution in [3.05, 3.63) is 0 Å². The van der Waals surface area contributed by atoms with E-state index in [-0.39, 0.29) is 131 Å². The molecule has 4 aliphatic carbocycles. The third-order valence-electron chi connectivity index (χ3n) is 12.3. The molecule has 0 spiro atoms. The fourth-order valence-corrected chi connectivity index (χ4v) is 11.6. The summed E-state index contributed by atoms with van der Waals surface area (Å²) in [5.74, 6) is 1.52. The van der Waals surface area contributed by atoms with Gasteiger partial charge in [0.05, 0.1) is 6.10 Å². The van der Waals surface area contributed by atoms with Gasteiger partial charge >= 0.3 is 88.7 Å². The summed E-state index contributed by atoms with van der Waals surface area (Å²) in [6.45, 7) is 13.2. The van der Waals surface area contributed by atoms with Crippen LogP contribution in [0.15, 0.2) is 0 Å². The molecule has 4 fully saturated rings. The minimum atomic E-state index is -5.34. The zero-order valence-corrected chi connectivity index (χ0v) is 37.3. The second kappa shape index (κ2) is 17.2. The minimum absolute atomic E-state index is 0. The second-order valence-corrected chi connectivity index (χ2v) is 17.8. The molecule has 0 aromatic heterocycles. The average molecular weight is 741 g/mol. The van der Waals surface area contributed by atoms with Crippen LogP contribution in [0.1, 0.15) is 99.3 Å². The Kier molecular flexibility index (Phi) is 17.4. The zero-order chi connectivity index (χ0) is 32.3. The Morgan fingerprint density at radius 2 is 1.15 bits per heavy atom. The van der Waals surface area contributed by atoms with Crippen molar-refractivity contribution in [2.24, 2.45) is 58.2 Å².